The quantitative estimate of drug-likeness (QED) is 0.803. The first kappa shape index (κ1) is 14.7. The van der Waals surface area contributed by atoms with Gasteiger partial charge in [0.05, 0.1) is 12.6 Å². The summed E-state index contributed by atoms with van der Waals surface area (Å²) >= 11 is 5.52. The van der Waals surface area contributed by atoms with Gasteiger partial charge in [0.1, 0.15) is 11.9 Å². The van der Waals surface area contributed by atoms with Crippen LogP contribution < -0.4 is 0 Å². The number of benzene rings is 1. The monoisotopic (exact) mass is 331 g/mol. The number of carbonyl (C=O) groups is 1. The molecule has 3 atom stereocenters. The van der Waals surface area contributed by atoms with Gasteiger partial charge < -0.3 is 14.0 Å². The summed E-state index contributed by atoms with van der Waals surface area (Å²) in [6, 6.07) is 9.93. The molecule has 0 aliphatic carbocycles. The number of carbonyl (C=O) groups excluding carboxylic acids is 1. The normalized spacial score (nSPS) is 26.7. The van der Waals surface area contributed by atoms with Gasteiger partial charge in [-0.1, -0.05) is 30.3 Å². The number of ether oxygens (including phenoxy) is 2. The maximum absolute atomic E-state index is 12.0. The average Bonchev–Trinajstić information content (AvgIpc) is 3.11. The van der Waals surface area contributed by atoms with Crippen LogP contribution in [0, 0.1) is 4.77 Å². The number of Topliss-reactive ketones (excluding diaryl/α,β-unsaturated/α-hetero) is 1. The van der Waals surface area contributed by atoms with Crippen LogP contribution in [0.3, 0.4) is 0 Å². The summed E-state index contributed by atoms with van der Waals surface area (Å²) in [6.45, 7) is 0.410. The Balaban J connectivity index is 1.66. The van der Waals surface area contributed by atoms with Crippen molar-refractivity contribution in [1.29, 1.82) is 0 Å². The molecule has 120 valence electrons. The Morgan fingerprint density at radius 3 is 2.91 bits per heavy atom. The molecule has 2 bridgehead atoms. The molecule has 2 aromatic rings. The van der Waals surface area contributed by atoms with Gasteiger partial charge in [0.2, 0.25) is 6.29 Å². The zero-order valence-corrected chi connectivity index (χ0v) is 13.5. The molecule has 0 N–H and O–H groups in total. The molecule has 0 amide bonds. The molecule has 2 aliphatic heterocycles. The third-order valence-electron chi connectivity index (χ3n) is 4.43. The van der Waals surface area contributed by atoms with Gasteiger partial charge in [0.15, 0.2) is 10.6 Å². The second-order valence-electron chi connectivity index (χ2n) is 5.94. The summed E-state index contributed by atoms with van der Waals surface area (Å²) in [5.74, 6) is 0.829. The minimum atomic E-state index is -0.696. The first-order valence-electron chi connectivity index (χ1n) is 7.61. The van der Waals surface area contributed by atoms with Crippen LogP contribution in [0.2, 0.25) is 0 Å². The SMILES string of the molecule is Cn1c(Cc2ccccc2)nn(C2CC(=O)C3OCC2O3)c1=S. The zero-order chi connectivity index (χ0) is 16.0. The van der Waals surface area contributed by atoms with E-state index in [9.17, 15) is 4.79 Å². The first-order valence-corrected chi connectivity index (χ1v) is 8.02. The molecule has 2 fully saturated rings. The standard InChI is InChI=1S/C16H17N3O3S/c1-18-14(7-10-5-3-2-4-6-10)17-19(16(18)23)11-8-12(20)15-21-9-13(11)22-15/h2-6,11,13,15H,7-9H2,1H3. The van der Waals surface area contributed by atoms with Gasteiger partial charge >= 0.3 is 0 Å². The van der Waals surface area contributed by atoms with Gasteiger partial charge in [-0.3, -0.25) is 4.79 Å². The lowest BCUT2D eigenvalue weighted by Crippen LogP contribution is -2.37. The molecule has 2 aliphatic rings. The Bertz CT molecular complexity index is 799. The largest absolute Gasteiger partial charge is 0.343 e. The third-order valence-corrected chi connectivity index (χ3v) is 4.89. The molecule has 1 aromatic heterocycles. The van der Waals surface area contributed by atoms with E-state index in [2.05, 4.69) is 17.2 Å². The molecule has 3 unspecified atom stereocenters. The maximum Gasteiger partial charge on any atom is 0.218 e. The van der Waals surface area contributed by atoms with Gasteiger partial charge in [-0.15, -0.1) is 0 Å². The van der Waals surface area contributed by atoms with E-state index in [1.54, 1.807) is 4.68 Å². The van der Waals surface area contributed by atoms with Crippen LogP contribution in [0.25, 0.3) is 0 Å². The van der Waals surface area contributed by atoms with Crippen LogP contribution >= 0.6 is 12.2 Å². The minimum absolute atomic E-state index is 0.0408. The van der Waals surface area contributed by atoms with Gasteiger partial charge in [0, 0.05) is 19.9 Å². The Kier molecular flexibility index (Phi) is 3.63. The molecule has 0 saturated carbocycles. The second kappa shape index (κ2) is 5.67. The smallest absolute Gasteiger partial charge is 0.218 e. The fourth-order valence-electron chi connectivity index (χ4n) is 3.11. The molecule has 0 spiro atoms. The summed E-state index contributed by atoms with van der Waals surface area (Å²) in [7, 11) is 1.91. The number of aromatic nitrogens is 3. The lowest BCUT2D eigenvalue weighted by atomic mass is 10.0. The predicted molar refractivity (Wildman–Crippen MR) is 84.6 cm³/mol. The van der Waals surface area contributed by atoms with Crippen molar-refractivity contribution in [2.45, 2.75) is 31.3 Å². The molecule has 1 aromatic carbocycles. The van der Waals surface area contributed by atoms with E-state index in [0.29, 0.717) is 24.2 Å². The summed E-state index contributed by atoms with van der Waals surface area (Å²) < 4.78 is 15.2. The van der Waals surface area contributed by atoms with E-state index >= 15 is 0 Å². The van der Waals surface area contributed by atoms with Crippen molar-refractivity contribution >= 4 is 18.0 Å². The van der Waals surface area contributed by atoms with E-state index in [1.165, 1.54) is 5.56 Å². The topological polar surface area (TPSA) is 58.3 Å². The van der Waals surface area contributed by atoms with E-state index in [0.717, 1.165) is 5.82 Å². The molecule has 4 rings (SSSR count). The van der Waals surface area contributed by atoms with Crippen LogP contribution in [0.15, 0.2) is 30.3 Å². The minimum Gasteiger partial charge on any atom is -0.343 e. The van der Waals surface area contributed by atoms with Crippen molar-refractivity contribution in [3.63, 3.8) is 0 Å². The van der Waals surface area contributed by atoms with Crippen molar-refractivity contribution in [2.75, 3.05) is 6.61 Å². The van der Waals surface area contributed by atoms with Crippen LogP contribution in [0.4, 0.5) is 0 Å². The Morgan fingerprint density at radius 1 is 1.35 bits per heavy atom. The van der Waals surface area contributed by atoms with Crippen LogP contribution in [-0.2, 0) is 27.7 Å². The predicted octanol–water partition coefficient (Wildman–Crippen LogP) is 1.80. The zero-order valence-electron chi connectivity index (χ0n) is 12.7. The number of hydrogen-bond acceptors (Lipinski definition) is 5. The number of nitrogens with zero attached hydrogens (tertiary/aromatic N) is 3. The second-order valence-corrected chi connectivity index (χ2v) is 6.31. The Morgan fingerprint density at radius 2 is 2.13 bits per heavy atom. The molecule has 0 radical (unpaired) electrons. The van der Waals surface area contributed by atoms with Crippen molar-refractivity contribution < 1.29 is 14.3 Å². The lowest BCUT2D eigenvalue weighted by Gasteiger charge is -2.26. The Labute approximate surface area is 138 Å². The summed E-state index contributed by atoms with van der Waals surface area (Å²) in [5.41, 5.74) is 1.17. The maximum atomic E-state index is 12.0. The van der Waals surface area contributed by atoms with Gasteiger partial charge in [-0.05, 0) is 17.8 Å². The molecule has 23 heavy (non-hydrogen) atoms. The first-order chi connectivity index (χ1) is 11.1. The highest BCUT2D eigenvalue weighted by atomic mass is 32.1. The van der Waals surface area contributed by atoms with E-state index in [4.69, 9.17) is 21.7 Å². The van der Waals surface area contributed by atoms with Crippen LogP contribution in [0.5, 0.6) is 0 Å². The molecule has 7 heteroatoms. The number of rotatable bonds is 3. The summed E-state index contributed by atoms with van der Waals surface area (Å²) in [6.07, 6.45) is 0.187. The van der Waals surface area contributed by atoms with Crippen LogP contribution in [-0.4, -0.2) is 39.1 Å². The number of fused-ring (bicyclic) bond motifs is 2. The fourth-order valence-corrected chi connectivity index (χ4v) is 3.40. The van der Waals surface area contributed by atoms with E-state index < -0.39 is 6.29 Å². The third kappa shape index (κ3) is 2.54. The van der Waals surface area contributed by atoms with Crippen LogP contribution in [0.1, 0.15) is 23.9 Å². The summed E-state index contributed by atoms with van der Waals surface area (Å²) in [5, 5.41) is 4.67. The molecule has 3 heterocycles. The highest BCUT2D eigenvalue weighted by molar-refractivity contribution is 7.71. The van der Waals surface area contributed by atoms with E-state index in [1.807, 2.05) is 29.8 Å². The highest BCUT2D eigenvalue weighted by Gasteiger charge is 2.44. The molecular weight excluding hydrogens is 314 g/mol. The highest BCUT2D eigenvalue weighted by Crippen LogP contribution is 2.32. The van der Waals surface area contributed by atoms with Crippen molar-refractivity contribution in [2.24, 2.45) is 7.05 Å². The Hall–Kier alpha value is -1.83. The molecule has 6 nitrogen and oxygen atoms in total. The van der Waals surface area contributed by atoms with Crippen molar-refractivity contribution in [3.8, 4) is 0 Å². The van der Waals surface area contributed by atoms with Gasteiger partial charge in [-0.25, -0.2) is 4.68 Å². The number of ketones is 1. The molecule has 2 saturated heterocycles. The van der Waals surface area contributed by atoms with Gasteiger partial charge in [0.25, 0.3) is 0 Å². The number of hydrogen-bond donors (Lipinski definition) is 0. The van der Waals surface area contributed by atoms with Gasteiger partial charge in [-0.2, -0.15) is 5.10 Å². The van der Waals surface area contributed by atoms with Crippen molar-refractivity contribution in [3.05, 3.63) is 46.5 Å². The summed E-state index contributed by atoms with van der Waals surface area (Å²) in [4.78, 5) is 12.0. The fraction of sp³-hybridized carbons (Fsp3) is 0.438. The van der Waals surface area contributed by atoms with E-state index in [-0.39, 0.29) is 17.9 Å². The molecular formula is C16H17N3O3S. The van der Waals surface area contributed by atoms with Crippen molar-refractivity contribution in [1.82, 2.24) is 14.3 Å². The lowest BCUT2D eigenvalue weighted by molar-refractivity contribution is -0.156. The average molecular weight is 331 g/mol.